The van der Waals surface area contributed by atoms with Crippen molar-refractivity contribution < 1.29 is 22.3 Å². The summed E-state index contributed by atoms with van der Waals surface area (Å²) in [7, 11) is -2.86. The minimum Gasteiger partial charge on any atom is -0.495 e. The fraction of sp³-hybridized carbons (Fsp3) is 0.269. The summed E-state index contributed by atoms with van der Waals surface area (Å²) in [6.45, 7) is 2.77. The number of methoxy groups -OCH3 is 1. The Bertz CT molecular complexity index is 1410. The van der Waals surface area contributed by atoms with Gasteiger partial charge in [-0.15, -0.1) is 0 Å². The molecule has 0 spiro atoms. The van der Waals surface area contributed by atoms with Gasteiger partial charge < -0.3 is 14.5 Å². The predicted octanol–water partition coefficient (Wildman–Crippen LogP) is 4.99. The number of nitrogens with zero attached hydrogens (tertiary/aromatic N) is 3. The van der Waals surface area contributed by atoms with E-state index in [2.05, 4.69) is 0 Å². The number of anilines is 2. The summed E-state index contributed by atoms with van der Waals surface area (Å²) in [5.41, 5.74) is 1.38. The van der Waals surface area contributed by atoms with Crippen LogP contribution in [0.25, 0.3) is 0 Å². The minimum atomic E-state index is -4.24. The maximum Gasteiger partial charge on any atom is 0.268 e. The number of hydrogen-bond acceptors (Lipinski definition) is 5. The molecule has 3 aromatic rings. The number of amides is 1. The molecule has 0 aromatic heterocycles. The summed E-state index contributed by atoms with van der Waals surface area (Å²) >= 11 is 12.3. The molecular weight excluding hydrogens is 540 g/mol. The van der Waals surface area contributed by atoms with Crippen LogP contribution in [0.3, 0.4) is 0 Å². The summed E-state index contributed by atoms with van der Waals surface area (Å²) in [6.07, 6.45) is 0. The highest BCUT2D eigenvalue weighted by atomic mass is 35.5. The van der Waals surface area contributed by atoms with E-state index < -0.39 is 22.5 Å². The highest BCUT2D eigenvalue weighted by Gasteiger charge is 2.33. The third-order valence-corrected chi connectivity index (χ3v) is 8.72. The van der Waals surface area contributed by atoms with Crippen molar-refractivity contribution in [3.63, 3.8) is 0 Å². The number of piperazine rings is 1. The summed E-state index contributed by atoms with van der Waals surface area (Å²) in [4.78, 5) is 16.7. The molecule has 0 radical (unpaired) electrons. The molecule has 1 aliphatic heterocycles. The first-order chi connectivity index (χ1) is 17.6. The van der Waals surface area contributed by atoms with Gasteiger partial charge in [-0.1, -0.05) is 41.4 Å². The number of para-hydroxylation sites is 1. The van der Waals surface area contributed by atoms with Gasteiger partial charge in [-0.3, -0.25) is 9.10 Å². The second-order valence-corrected chi connectivity index (χ2v) is 11.2. The first kappa shape index (κ1) is 27.0. The van der Waals surface area contributed by atoms with E-state index in [0.29, 0.717) is 37.4 Å². The van der Waals surface area contributed by atoms with Crippen molar-refractivity contribution in [2.24, 2.45) is 0 Å². The Hall–Kier alpha value is -3.01. The smallest absolute Gasteiger partial charge is 0.268 e. The van der Waals surface area contributed by atoms with Gasteiger partial charge in [0, 0.05) is 26.2 Å². The number of benzene rings is 3. The molecule has 0 N–H and O–H groups in total. The second-order valence-electron chi connectivity index (χ2n) is 8.58. The molecule has 0 bridgehead atoms. The van der Waals surface area contributed by atoms with Crippen molar-refractivity contribution in [3.8, 4) is 5.75 Å². The van der Waals surface area contributed by atoms with Crippen LogP contribution in [0, 0.1) is 12.7 Å². The number of sulfonamides is 1. The largest absolute Gasteiger partial charge is 0.495 e. The SMILES string of the molecule is COc1ccc(C)cc1S(=O)(=O)N(CC(=O)N1CCN(c2ccccc2F)CC1)c1ccc(Cl)c(Cl)c1. The van der Waals surface area contributed by atoms with Crippen molar-refractivity contribution in [1.29, 1.82) is 0 Å². The Kier molecular flexibility index (Phi) is 8.16. The van der Waals surface area contributed by atoms with Gasteiger partial charge in [0.25, 0.3) is 10.0 Å². The van der Waals surface area contributed by atoms with Crippen molar-refractivity contribution in [3.05, 3.63) is 82.1 Å². The molecule has 1 saturated heterocycles. The molecule has 37 heavy (non-hydrogen) atoms. The fourth-order valence-corrected chi connectivity index (χ4v) is 6.13. The van der Waals surface area contributed by atoms with Gasteiger partial charge in [-0.05, 0) is 55.0 Å². The fourth-order valence-electron chi connectivity index (χ4n) is 4.19. The van der Waals surface area contributed by atoms with Crippen LogP contribution in [0.15, 0.2) is 65.6 Å². The second kappa shape index (κ2) is 11.2. The number of carbonyl (C=O) groups is 1. The first-order valence-electron chi connectivity index (χ1n) is 11.5. The van der Waals surface area contributed by atoms with Crippen molar-refractivity contribution in [2.45, 2.75) is 11.8 Å². The lowest BCUT2D eigenvalue weighted by Crippen LogP contribution is -2.52. The lowest BCUT2D eigenvalue weighted by Gasteiger charge is -2.37. The number of aryl methyl sites for hydroxylation is 1. The van der Waals surface area contributed by atoms with Gasteiger partial charge in [0.05, 0.1) is 28.5 Å². The lowest BCUT2D eigenvalue weighted by atomic mass is 10.2. The van der Waals surface area contributed by atoms with E-state index in [9.17, 15) is 17.6 Å². The molecule has 11 heteroatoms. The lowest BCUT2D eigenvalue weighted by molar-refractivity contribution is -0.129. The van der Waals surface area contributed by atoms with Crippen molar-refractivity contribution >= 4 is 50.5 Å². The zero-order valence-electron chi connectivity index (χ0n) is 20.3. The molecule has 0 unspecified atom stereocenters. The monoisotopic (exact) mass is 565 g/mol. The Balaban J connectivity index is 1.62. The van der Waals surface area contributed by atoms with Crippen LogP contribution in [0.1, 0.15) is 5.56 Å². The molecule has 1 heterocycles. The summed E-state index contributed by atoms with van der Waals surface area (Å²) in [5.74, 6) is -0.567. The average molecular weight is 566 g/mol. The number of rotatable bonds is 7. The van der Waals surface area contributed by atoms with Gasteiger partial charge in [0.15, 0.2) is 0 Å². The molecule has 0 aliphatic carbocycles. The third-order valence-electron chi connectivity index (χ3n) is 6.18. The molecule has 1 aliphatic rings. The Morgan fingerprint density at radius 1 is 1.00 bits per heavy atom. The minimum absolute atomic E-state index is 0.0711. The van der Waals surface area contributed by atoms with Crippen molar-refractivity contribution in [2.75, 3.05) is 49.0 Å². The summed E-state index contributed by atoms with van der Waals surface area (Å²) < 4.78 is 48.3. The normalized spacial score (nSPS) is 14.0. The van der Waals surface area contributed by atoms with Gasteiger partial charge in [-0.25, -0.2) is 12.8 Å². The zero-order chi connectivity index (χ0) is 26.7. The summed E-state index contributed by atoms with van der Waals surface area (Å²) in [6, 6.07) is 15.7. The van der Waals surface area contributed by atoms with Crippen LogP contribution in [-0.2, 0) is 14.8 Å². The van der Waals surface area contributed by atoms with Gasteiger partial charge in [0.1, 0.15) is 23.0 Å². The van der Waals surface area contributed by atoms with Crippen LogP contribution < -0.4 is 13.9 Å². The van der Waals surface area contributed by atoms with Gasteiger partial charge in [0.2, 0.25) is 5.91 Å². The van der Waals surface area contributed by atoms with E-state index in [0.717, 1.165) is 4.31 Å². The quantitative estimate of drug-likeness (QED) is 0.403. The van der Waals surface area contributed by atoms with Gasteiger partial charge in [-0.2, -0.15) is 0 Å². The van der Waals surface area contributed by atoms with E-state index in [-0.39, 0.29) is 32.2 Å². The molecule has 1 fully saturated rings. The number of halogens is 3. The Morgan fingerprint density at radius 2 is 1.70 bits per heavy atom. The van der Waals surface area contributed by atoms with Crippen molar-refractivity contribution in [1.82, 2.24) is 4.90 Å². The Labute approximate surface area is 226 Å². The maximum absolute atomic E-state index is 14.2. The first-order valence-corrected chi connectivity index (χ1v) is 13.7. The molecule has 0 saturated carbocycles. The molecule has 1 amide bonds. The number of hydrogen-bond donors (Lipinski definition) is 0. The third kappa shape index (κ3) is 5.79. The van der Waals surface area contributed by atoms with Crippen LogP contribution in [0.5, 0.6) is 5.75 Å². The van der Waals surface area contributed by atoms with Gasteiger partial charge >= 0.3 is 0 Å². The van der Waals surface area contributed by atoms with Crippen LogP contribution >= 0.6 is 23.2 Å². The van der Waals surface area contributed by atoms with E-state index in [1.807, 2.05) is 4.90 Å². The Morgan fingerprint density at radius 3 is 2.35 bits per heavy atom. The van der Waals surface area contributed by atoms with E-state index >= 15 is 0 Å². The standard InChI is InChI=1S/C26H26Cl2FN3O4S/c1-18-7-10-24(36-2)25(15-18)37(34,35)32(19-8-9-20(27)21(28)16-19)17-26(33)31-13-11-30(12-14-31)23-6-4-3-5-22(23)29/h3-10,15-16H,11-14,17H2,1-2H3. The predicted molar refractivity (Wildman–Crippen MR) is 144 cm³/mol. The highest BCUT2D eigenvalue weighted by molar-refractivity contribution is 7.93. The molecule has 3 aromatic carbocycles. The van der Waals surface area contributed by atoms with Crippen LogP contribution in [-0.4, -0.2) is 59.1 Å². The van der Waals surface area contributed by atoms with Crippen LogP contribution in [0.2, 0.25) is 10.0 Å². The van der Waals surface area contributed by atoms with Crippen LogP contribution in [0.4, 0.5) is 15.8 Å². The zero-order valence-corrected chi connectivity index (χ0v) is 22.7. The summed E-state index contributed by atoms with van der Waals surface area (Å²) in [5, 5.41) is 0.410. The topological polar surface area (TPSA) is 70.2 Å². The maximum atomic E-state index is 14.2. The van der Waals surface area contributed by atoms with E-state index in [4.69, 9.17) is 27.9 Å². The number of carbonyl (C=O) groups excluding carboxylic acids is 1. The average Bonchev–Trinajstić information content (AvgIpc) is 2.89. The molecule has 4 rings (SSSR count). The number of ether oxygens (including phenoxy) is 1. The molecular formula is C26H26Cl2FN3O4S. The molecule has 196 valence electrons. The highest BCUT2D eigenvalue weighted by Crippen LogP contribution is 2.34. The molecule has 7 nitrogen and oxygen atoms in total. The molecule has 0 atom stereocenters. The van der Waals surface area contributed by atoms with E-state index in [1.165, 1.54) is 37.4 Å². The van der Waals surface area contributed by atoms with E-state index in [1.54, 1.807) is 42.2 Å².